The molecule has 1 aliphatic rings. The van der Waals surface area contributed by atoms with Crippen molar-refractivity contribution in [2.24, 2.45) is 4.99 Å². The van der Waals surface area contributed by atoms with E-state index in [4.69, 9.17) is 5.11 Å². The summed E-state index contributed by atoms with van der Waals surface area (Å²) in [5, 5.41) is 23.3. The number of rotatable bonds is 10. The molecule has 0 radical (unpaired) electrons. The first-order chi connectivity index (χ1) is 16.0. The smallest absolute Gasteiger partial charge is 0.303 e. The number of carboxylic acids is 1. The molecule has 1 saturated carbocycles. The largest absolute Gasteiger partial charge is 0.481 e. The monoisotopic (exact) mass is 450 g/mol. The lowest BCUT2D eigenvalue weighted by molar-refractivity contribution is -0.463. The number of nitrogens with one attached hydrogen (secondary N) is 1. The Kier molecular flexibility index (Phi) is 9.11. The summed E-state index contributed by atoms with van der Waals surface area (Å²) in [4.78, 5) is 30.6. The highest BCUT2D eigenvalue weighted by Gasteiger charge is 2.16. The molecule has 3 rings (SSSR count). The van der Waals surface area contributed by atoms with Gasteiger partial charge in [-0.25, -0.2) is 0 Å². The normalized spacial score (nSPS) is 15.3. The van der Waals surface area contributed by atoms with E-state index >= 15 is 0 Å². The molecule has 1 fully saturated rings. The van der Waals surface area contributed by atoms with Gasteiger partial charge in [0.05, 0.1) is 6.04 Å². The second kappa shape index (κ2) is 12.5. The van der Waals surface area contributed by atoms with E-state index in [0.29, 0.717) is 18.7 Å². The maximum Gasteiger partial charge on any atom is 0.303 e. The van der Waals surface area contributed by atoms with Crippen LogP contribution in [0, 0.1) is 10.1 Å². The van der Waals surface area contributed by atoms with Crippen LogP contribution in [-0.4, -0.2) is 39.4 Å². The van der Waals surface area contributed by atoms with Crippen LogP contribution in [0.2, 0.25) is 0 Å². The Morgan fingerprint density at radius 1 is 1.21 bits per heavy atom. The first-order valence-electron chi connectivity index (χ1n) is 11.4. The maximum absolute atomic E-state index is 11.2. The Morgan fingerprint density at radius 2 is 2.00 bits per heavy atom. The molecule has 0 atom stereocenters. The molecule has 0 aliphatic heterocycles. The lowest BCUT2D eigenvalue weighted by atomic mass is 9.96. The lowest BCUT2D eigenvalue weighted by Crippen LogP contribution is -2.25. The van der Waals surface area contributed by atoms with E-state index in [1.165, 1.54) is 6.42 Å². The Balaban J connectivity index is 1.84. The summed E-state index contributed by atoms with van der Waals surface area (Å²) in [5.41, 5.74) is 3.51. The van der Waals surface area contributed by atoms with Gasteiger partial charge in [-0.3, -0.25) is 24.9 Å². The quantitative estimate of drug-likeness (QED) is 0.169. The number of aliphatic carboxylic acids is 1. The number of aliphatic imine (C=N–C) groups is 1. The Labute approximate surface area is 193 Å². The van der Waals surface area contributed by atoms with Crippen molar-refractivity contribution >= 4 is 23.1 Å². The maximum atomic E-state index is 11.2. The molecule has 1 aromatic carbocycles. The predicted octanol–water partition coefficient (Wildman–Crippen LogP) is 5.19. The SMILES string of the molecule is O=C(O)CCC/C=C(/c1cccnc1)c1cccc(NC(C[N+](=O)[O-])=NC2CCCCC2)c1. The summed E-state index contributed by atoms with van der Waals surface area (Å²) in [7, 11) is 0. The molecule has 174 valence electrons. The first kappa shape index (κ1) is 24.1. The van der Waals surface area contributed by atoms with E-state index in [-0.39, 0.29) is 23.9 Å². The summed E-state index contributed by atoms with van der Waals surface area (Å²) in [6, 6.07) is 11.6. The number of allylic oxidation sites excluding steroid dienone is 1. The average Bonchev–Trinajstić information content (AvgIpc) is 2.80. The van der Waals surface area contributed by atoms with E-state index in [0.717, 1.165) is 48.1 Å². The highest BCUT2D eigenvalue weighted by Crippen LogP contribution is 2.27. The molecule has 0 unspecified atom stereocenters. The Bertz CT molecular complexity index is 998. The van der Waals surface area contributed by atoms with Crippen LogP contribution in [0.5, 0.6) is 0 Å². The van der Waals surface area contributed by atoms with E-state index < -0.39 is 5.97 Å². The molecular weight excluding hydrogens is 420 g/mol. The van der Waals surface area contributed by atoms with Gasteiger partial charge >= 0.3 is 5.97 Å². The van der Waals surface area contributed by atoms with Crippen LogP contribution < -0.4 is 5.32 Å². The molecule has 8 heteroatoms. The van der Waals surface area contributed by atoms with Gasteiger partial charge in [0.15, 0.2) is 5.84 Å². The van der Waals surface area contributed by atoms with Gasteiger partial charge < -0.3 is 10.4 Å². The molecule has 33 heavy (non-hydrogen) atoms. The summed E-state index contributed by atoms with van der Waals surface area (Å²) in [6.45, 7) is -0.346. The average molecular weight is 451 g/mol. The zero-order chi connectivity index (χ0) is 23.5. The van der Waals surface area contributed by atoms with Crippen LogP contribution in [0.25, 0.3) is 5.57 Å². The van der Waals surface area contributed by atoms with E-state index in [1.807, 2.05) is 42.5 Å². The minimum absolute atomic E-state index is 0.111. The lowest BCUT2D eigenvalue weighted by Gasteiger charge is -2.19. The standard InChI is InChI=1S/C25H30N4O4/c30-25(31)14-5-4-13-23(20-9-7-15-26-17-20)19-8-6-12-22(16-19)28-24(18-29(32)33)27-21-10-2-1-3-11-21/h6-9,12-13,15-17,21H,1-5,10-11,14,18H2,(H,27,28)(H,30,31)/b23-13+. The summed E-state index contributed by atoms with van der Waals surface area (Å²) >= 11 is 0. The predicted molar refractivity (Wildman–Crippen MR) is 129 cm³/mol. The number of pyridine rings is 1. The fraction of sp³-hybridized carbons (Fsp3) is 0.400. The highest BCUT2D eigenvalue weighted by molar-refractivity contribution is 5.97. The molecule has 8 nitrogen and oxygen atoms in total. The van der Waals surface area contributed by atoms with Crippen LogP contribution in [0.4, 0.5) is 5.69 Å². The fourth-order valence-electron chi connectivity index (χ4n) is 4.02. The number of aromatic nitrogens is 1. The number of hydrogen-bond donors (Lipinski definition) is 2. The van der Waals surface area contributed by atoms with Gasteiger partial charge in [-0.2, -0.15) is 0 Å². The molecule has 0 spiro atoms. The number of amidine groups is 1. The number of nitrogens with zero attached hydrogens (tertiary/aromatic N) is 3. The Morgan fingerprint density at radius 3 is 2.70 bits per heavy atom. The molecule has 0 saturated heterocycles. The number of carbonyl (C=O) groups is 1. The Hall–Kier alpha value is -3.55. The van der Waals surface area contributed by atoms with Crippen molar-refractivity contribution in [3.63, 3.8) is 0 Å². The van der Waals surface area contributed by atoms with Crippen molar-refractivity contribution in [3.05, 3.63) is 76.1 Å². The van der Waals surface area contributed by atoms with Gasteiger partial charge in [0.25, 0.3) is 6.54 Å². The summed E-state index contributed by atoms with van der Waals surface area (Å²) in [5.74, 6) is -0.439. The van der Waals surface area contributed by atoms with E-state index in [2.05, 4.69) is 15.3 Å². The number of benzene rings is 1. The molecule has 2 aromatic rings. The fourth-order valence-corrected chi connectivity index (χ4v) is 4.02. The molecular formula is C25H30N4O4. The highest BCUT2D eigenvalue weighted by atomic mass is 16.6. The van der Waals surface area contributed by atoms with Gasteiger partial charge in [0.2, 0.25) is 0 Å². The first-order valence-corrected chi connectivity index (χ1v) is 11.4. The third-order valence-corrected chi connectivity index (χ3v) is 5.57. The van der Waals surface area contributed by atoms with Crippen molar-refractivity contribution < 1.29 is 14.8 Å². The van der Waals surface area contributed by atoms with Gasteiger partial charge in [0, 0.05) is 35.0 Å². The van der Waals surface area contributed by atoms with Crippen molar-refractivity contribution in [3.8, 4) is 0 Å². The number of carboxylic acid groups (broad SMARTS) is 1. The van der Waals surface area contributed by atoms with Crippen LogP contribution in [0.15, 0.2) is 59.9 Å². The van der Waals surface area contributed by atoms with E-state index in [9.17, 15) is 14.9 Å². The van der Waals surface area contributed by atoms with Crippen LogP contribution in [0.1, 0.15) is 62.5 Å². The molecule has 0 amide bonds. The minimum Gasteiger partial charge on any atom is -0.481 e. The zero-order valence-corrected chi connectivity index (χ0v) is 18.7. The van der Waals surface area contributed by atoms with Crippen molar-refractivity contribution in [1.82, 2.24) is 4.98 Å². The molecule has 1 heterocycles. The third kappa shape index (κ3) is 8.14. The number of hydrogen-bond acceptors (Lipinski definition) is 5. The van der Waals surface area contributed by atoms with Gasteiger partial charge in [-0.1, -0.05) is 43.5 Å². The zero-order valence-electron chi connectivity index (χ0n) is 18.7. The van der Waals surface area contributed by atoms with Crippen molar-refractivity contribution in [1.29, 1.82) is 0 Å². The second-order valence-electron chi connectivity index (χ2n) is 8.21. The number of nitro groups is 1. The topological polar surface area (TPSA) is 118 Å². The van der Waals surface area contributed by atoms with Gasteiger partial charge in [-0.05, 0) is 55.0 Å². The number of anilines is 1. The second-order valence-corrected chi connectivity index (χ2v) is 8.21. The molecule has 2 N–H and O–H groups in total. The van der Waals surface area contributed by atoms with Crippen LogP contribution >= 0.6 is 0 Å². The van der Waals surface area contributed by atoms with Gasteiger partial charge in [0.1, 0.15) is 0 Å². The third-order valence-electron chi connectivity index (χ3n) is 5.57. The number of unbranched alkanes of at least 4 members (excludes halogenated alkanes) is 1. The van der Waals surface area contributed by atoms with Crippen LogP contribution in [-0.2, 0) is 4.79 Å². The molecule has 0 bridgehead atoms. The van der Waals surface area contributed by atoms with Crippen molar-refractivity contribution in [2.75, 3.05) is 11.9 Å². The van der Waals surface area contributed by atoms with Crippen LogP contribution in [0.3, 0.4) is 0 Å². The van der Waals surface area contributed by atoms with Gasteiger partial charge in [-0.15, -0.1) is 0 Å². The van der Waals surface area contributed by atoms with E-state index in [1.54, 1.807) is 12.4 Å². The summed E-state index contributed by atoms with van der Waals surface area (Å²) in [6.07, 6.45) is 12.1. The molecule has 1 aliphatic carbocycles. The minimum atomic E-state index is -0.812. The molecule has 1 aromatic heterocycles. The van der Waals surface area contributed by atoms with Crippen molar-refractivity contribution in [2.45, 2.75) is 57.4 Å². The summed E-state index contributed by atoms with van der Waals surface area (Å²) < 4.78 is 0.